The third kappa shape index (κ3) is 5.26. The van der Waals surface area contributed by atoms with Crippen LogP contribution in [0.15, 0.2) is 28.3 Å². The van der Waals surface area contributed by atoms with E-state index in [1.54, 1.807) is 0 Å². The van der Waals surface area contributed by atoms with Gasteiger partial charge in [0.2, 0.25) is 0 Å². The van der Waals surface area contributed by atoms with Gasteiger partial charge in [-0.1, -0.05) is 43.1 Å². The molecule has 1 aromatic rings. The Balaban J connectivity index is 1.37. The summed E-state index contributed by atoms with van der Waals surface area (Å²) in [6.07, 6.45) is 13.3. The van der Waals surface area contributed by atoms with Gasteiger partial charge >= 0.3 is 0 Å². The molecule has 4 rings (SSSR count). The number of benzene rings is 1. The fourth-order valence-corrected chi connectivity index (χ4v) is 5.48. The first kappa shape index (κ1) is 21.4. The zero-order valence-corrected chi connectivity index (χ0v) is 18.5. The van der Waals surface area contributed by atoms with Crippen LogP contribution in [0.5, 0.6) is 0 Å². The van der Waals surface area contributed by atoms with Gasteiger partial charge in [-0.3, -0.25) is 0 Å². The Morgan fingerprint density at radius 2 is 1.57 bits per heavy atom. The summed E-state index contributed by atoms with van der Waals surface area (Å²) in [5.74, 6) is 8.28. The van der Waals surface area contributed by atoms with Crippen molar-refractivity contribution in [2.75, 3.05) is 0 Å². The molecule has 3 aliphatic carbocycles. The monoisotopic (exact) mass is 425 g/mol. The molecule has 0 aromatic heterocycles. The van der Waals surface area contributed by atoms with Crippen LogP contribution >= 0.6 is 12.2 Å². The topological polar surface area (TPSA) is 12.4 Å². The van der Waals surface area contributed by atoms with Gasteiger partial charge in [0.25, 0.3) is 0 Å². The van der Waals surface area contributed by atoms with E-state index in [2.05, 4.69) is 36.0 Å². The Labute approximate surface area is 184 Å². The average Bonchev–Trinajstić information content (AvgIpc) is 3.54. The zero-order valence-electron chi connectivity index (χ0n) is 17.6. The van der Waals surface area contributed by atoms with Gasteiger partial charge < -0.3 is 0 Å². The molecule has 2 saturated carbocycles. The minimum Gasteiger partial charge on any atom is -0.204 e. The summed E-state index contributed by atoms with van der Waals surface area (Å²) in [6, 6.07) is 2.42. The first-order chi connectivity index (χ1) is 14.5. The molecule has 1 unspecified atom stereocenters. The highest BCUT2D eigenvalue weighted by molar-refractivity contribution is 7.78. The Morgan fingerprint density at radius 1 is 0.933 bits per heavy atom. The largest absolute Gasteiger partial charge is 0.204 e. The number of hydrogen-bond donors (Lipinski definition) is 0. The summed E-state index contributed by atoms with van der Waals surface area (Å²) < 4.78 is 28.0. The molecule has 0 radical (unpaired) electrons. The summed E-state index contributed by atoms with van der Waals surface area (Å²) in [5.41, 5.74) is 2.40. The highest BCUT2D eigenvalue weighted by Crippen LogP contribution is 2.45. The second kappa shape index (κ2) is 9.54. The molecule has 1 nitrogen and oxygen atoms in total. The lowest BCUT2D eigenvalue weighted by Crippen LogP contribution is -2.24. The predicted octanol–water partition coefficient (Wildman–Crippen LogP) is 7.77. The van der Waals surface area contributed by atoms with E-state index in [9.17, 15) is 8.78 Å². The molecule has 0 aliphatic heterocycles. The molecule has 0 saturated heterocycles. The molecule has 158 valence electrons. The van der Waals surface area contributed by atoms with Gasteiger partial charge in [0.15, 0.2) is 11.6 Å². The summed E-state index contributed by atoms with van der Waals surface area (Å²) in [7, 11) is 0. The molecule has 1 atom stereocenters. The van der Waals surface area contributed by atoms with E-state index in [1.165, 1.54) is 69.1 Å². The third-order valence-electron chi connectivity index (χ3n) is 7.30. The molecule has 2 fully saturated rings. The van der Waals surface area contributed by atoms with Crippen molar-refractivity contribution >= 4 is 23.1 Å². The lowest BCUT2D eigenvalue weighted by atomic mass is 9.69. The van der Waals surface area contributed by atoms with Crippen molar-refractivity contribution in [3.05, 3.63) is 40.5 Å². The SMILES string of the molecule is CC1=C(C#Cc2cc(F)c(N=C=S)c(F)c2)CCC(C2CCC(CC3CC3)CC2)C1. The van der Waals surface area contributed by atoms with E-state index in [0.29, 0.717) is 5.56 Å². The summed E-state index contributed by atoms with van der Waals surface area (Å²) >= 11 is 4.43. The Hall–Kier alpha value is -1.82. The van der Waals surface area contributed by atoms with Crippen molar-refractivity contribution in [3.8, 4) is 11.8 Å². The lowest BCUT2D eigenvalue weighted by Gasteiger charge is -2.36. The van der Waals surface area contributed by atoms with Crippen LogP contribution in [0.25, 0.3) is 0 Å². The second-order valence-electron chi connectivity index (χ2n) is 9.46. The van der Waals surface area contributed by atoms with Gasteiger partial charge in [0, 0.05) is 11.1 Å². The van der Waals surface area contributed by atoms with Crippen molar-refractivity contribution in [1.29, 1.82) is 0 Å². The Morgan fingerprint density at radius 3 is 2.13 bits per heavy atom. The third-order valence-corrected chi connectivity index (χ3v) is 7.39. The molecule has 0 heterocycles. The Bertz CT molecular complexity index is 913. The van der Waals surface area contributed by atoms with E-state index >= 15 is 0 Å². The van der Waals surface area contributed by atoms with Gasteiger partial charge in [0.05, 0.1) is 5.16 Å². The fraction of sp³-hybridized carbons (Fsp3) is 0.577. The molecular weight excluding hydrogens is 396 g/mol. The van der Waals surface area contributed by atoms with Crippen molar-refractivity contribution in [2.45, 2.75) is 71.1 Å². The van der Waals surface area contributed by atoms with Gasteiger partial charge in [-0.25, -0.2) is 8.78 Å². The van der Waals surface area contributed by atoms with Gasteiger partial charge in [-0.2, -0.15) is 4.99 Å². The molecule has 4 heteroatoms. The maximum Gasteiger partial charge on any atom is 0.153 e. The number of aliphatic imine (C=N–C) groups is 1. The van der Waals surface area contributed by atoms with Crippen LogP contribution in [-0.4, -0.2) is 5.16 Å². The lowest BCUT2D eigenvalue weighted by molar-refractivity contribution is 0.182. The molecule has 0 spiro atoms. The van der Waals surface area contributed by atoms with Crippen molar-refractivity contribution < 1.29 is 8.78 Å². The van der Waals surface area contributed by atoms with E-state index in [-0.39, 0.29) is 0 Å². The average molecular weight is 426 g/mol. The van der Waals surface area contributed by atoms with Gasteiger partial charge in [-0.15, -0.1) is 0 Å². The van der Waals surface area contributed by atoms with Crippen LogP contribution in [0.3, 0.4) is 0 Å². The standard InChI is InChI=1S/C26H29F2NS/c1-17-12-23(22-8-4-19(5-9-22)13-18-2-3-18)11-10-21(17)7-6-20-14-24(27)26(29-16-30)25(28)15-20/h14-15,18-19,22-23H,2-5,8-13H2,1H3. The number of halogens is 2. The van der Waals surface area contributed by atoms with Crippen LogP contribution in [0.1, 0.15) is 76.7 Å². The molecule has 0 amide bonds. The summed E-state index contributed by atoms with van der Waals surface area (Å²) in [6.45, 7) is 2.17. The Kier molecular flexibility index (Phi) is 6.81. The van der Waals surface area contributed by atoms with E-state index in [0.717, 1.165) is 42.1 Å². The van der Waals surface area contributed by atoms with Crippen LogP contribution in [0, 0.1) is 47.1 Å². The first-order valence-electron chi connectivity index (χ1n) is 11.3. The van der Waals surface area contributed by atoms with Gasteiger partial charge in [-0.05, 0) is 93.5 Å². The molecular formula is C26H29F2NS. The number of rotatable bonds is 4. The first-order valence-corrected chi connectivity index (χ1v) is 11.7. The van der Waals surface area contributed by atoms with Crippen LogP contribution in [0.4, 0.5) is 14.5 Å². The van der Waals surface area contributed by atoms with Crippen molar-refractivity contribution in [3.63, 3.8) is 0 Å². The molecule has 0 N–H and O–H groups in total. The number of isothiocyanates is 1. The number of allylic oxidation sites excluding steroid dienone is 2. The number of thiocarbonyl (C=S) groups is 1. The smallest absolute Gasteiger partial charge is 0.153 e. The fourth-order valence-electron chi connectivity index (χ4n) is 5.39. The van der Waals surface area contributed by atoms with Crippen molar-refractivity contribution in [1.82, 2.24) is 0 Å². The molecule has 3 aliphatic rings. The summed E-state index contributed by atoms with van der Waals surface area (Å²) in [5, 5.41) is 2.00. The minimum atomic E-state index is -0.761. The maximum atomic E-state index is 14.0. The maximum absolute atomic E-state index is 14.0. The zero-order chi connectivity index (χ0) is 21.1. The van der Waals surface area contributed by atoms with Gasteiger partial charge in [0.1, 0.15) is 5.69 Å². The molecule has 0 bridgehead atoms. The van der Waals surface area contributed by atoms with E-state index in [4.69, 9.17) is 0 Å². The van der Waals surface area contributed by atoms with Crippen molar-refractivity contribution in [2.24, 2.45) is 28.7 Å². The van der Waals surface area contributed by atoms with Crippen LogP contribution in [-0.2, 0) is 0 Å². The quantitative estimate of drug-likeness (QED) is 0.273. The minimum absolute atomic E-state index is 0.324. The van der Waals surface area contributed by atoms with Crippen LogP contribution < -0.4 is 0 Å². The number of nitrogens with zero attached hydrogens (tertiary/aromatic N) is 1. The van der Waals surface area contributed by atoms with E-state index < -0.39 is 17.3 Å². The highest BCUT2D eigenvalue weighted by atomic mass is 32.1. The number of hydrogen-bond acceptors (Lipinski definition) is 2. The highest BCUT2D eigenvalue weighted by Gasteiger charge is 2.32. The predicted molar refractivity (Wildman–Crippen MR) is 121 cm³/mol. The normalized spacial score (nSPS) is 26.6. The molecule has 1 aromatic carbocycles. The summed E-state index contributed by atoms with van der Waals surface area (Å²) in [4.78, 5) is 3.44. The molecule has 30 heavy (non-hydrogen) atoms. The van der Waals surface area contributed by atoms with E-state index in [1.807, 2.05) is 5.16 Å². The van der Waals surface area contributed by atoms with Crippen LogP contribution in [0.2, 0.25) is 0 Å². The second-order valence-corrected chi connectivity index (χ2v) is 9.65.